The van der Waals surface area contributed by atoms with Gasteiger partial charge in [-0.05, 0) is 22.9 Å². The summed E-state index contributed by atoms with van der Waals surface area (Å²) in [5.41, 5.74) is 7.43. The number of H-pyrrole nitrogens is 1. The van der Waals surface area contributed by atoms with E-state index < -0.39 is 5.97 Å². The van der Waals surface area contributed by atoms with Crippen LogP contribution in [0.25, 0.3) is 11.0 Å². The third kappa shape index (κ3) is 3.04. The predicted molar refractivity (Wildman–Crippen MR) is 88.6 cm³/mol. The van der Waals surface area contributed by atoms with Gasteiger partial charge in [0.15, 0.2) is 5.65 Å². The minimum absolute atomic E-state index is 0.0762. The molecule has 3 heterocycles. The Morgan fingerprint density at radius 3 is 3.22 bits per heavy atom. The van der Waals surface area contributed by atoms with Gasteiger partial charge in [-0.15, -0.1) is 0 Å². The number of halogens is 1. The van der Waals surface area contributed by atoms with E-state index in [1.54, 1.807) is 6.92 Å². The summed E-state index contributed by atoms with van der Waals surface area (Å²) in [4.78, 5) is 18.7. The molecule has 0 saturated carbocycles. The molecule has 1 unspecified atom stereocenters. The average Bonchev–Trinajstić information content (AvgIpc) is 2.95. The number of pyridine rings is 1. The Morgan fingerprint density at radius 1 is 1.65 bits per heavy atom. The lowest BCUT2D eigenvalue weighted by Crippen LogP contribution is -2.46. The maximum atomic E-state index is 12.3. The second-order valence-corrected chi connectivity index (χ2v) is 5.94. The smallest absolute Gasteiger partial charge is 0.341 e. The number of carbonyl (C=O) groups excluding carboxylic acids is 1. The zero-order valence-electron chi connectivity index (χ0n) is 12.7. The maximum absolute atomic E-state index is 12.3. The highest BCUT2D eigenvalue weighted by molar-refractivity contribution is 9.10. The third-order valence-corrected chi connectivity index (χ3v) is 4.30. The van der Waals surface area contributed by atoms with Crippen molar-refractivity contribution in [2.24, 2.45) is 5.73 Å². The van der Waals surface area contributed by atoms with Gasteiger partial charge in [-0.1, -0.05) is 0 Å². The molecule has 9 heteroatoms. The molecular weight excluding hydrogens is 366 g/mol. The van der Waals surface area contributed by atoms with Crippen molar-refractivity contribution in [2.75, 3.05) is 37.7 Å². The summed E-state index contributed by atoms with van der Waals surface area (Å²) in [6.45, 7) is 4.29. The third-order valence-electron chi connectivity index (χ3n) is 3.72. The second-order valence-electron chi connectivity index (χ2n) is 5.15. The van der Waals surface area contributed by atoms with Gasteiger partial charge in [0.2, 0.25) is 0 Å². The summed E-state index contributed by atoms with van der Waals surface area (Å²) in [7, 11) is 0. The van der Waals surface area contributed by atoms with Gasteiger partial charge in [-0.2, -0.15) is 5.10 Å². The van der Waals surface area contributed by atoms with E-state index in [9.17, 15) is 4.79 Å². The largest absolute Gasteiger partial charge is 0.462 e. The monoisotopic (exact) mass is 383 g/mol. The minimum Gasteiger partial charge on any atom is -0.462 e. The second kappa shape index (κ2) is 6.81. The van der Waals surface area contributed by atoms with Crippen molar-refractivity contribution < 1.29 is 14.3 Å². The van der Waals surface area contributed by atoms with E-state index in [0.29, 0.717) is 48.7 Å². The van der Waals surface area contributed by atoms with Crippen molar-refractivity contribution in [1.29, 1.82) is 0 Å². The van der Waals surface area contributed by atoms with Crippen LogP contribution in [-0.2, 0) is 9.47 Å². The number of carbonyl (C=O) groups is 1. The number of nitrogens with one attached hydrogen (secondary N) is 1. The molecule has 1 aliphatic rings. The molecule has 2 aromatic heterocycles. The number of rotatable bonds is 4. The summed E-state index contributed by atoms with van der Waals surface area (Å²) in [5.74, 6) is -0.402. The molecule has 3 N–H and O–H groups in total. The van der Waals surface area contributed by atoms with E-state index in [1.807, 2.05) is 0 Å². The molecule has 1 fully saturated rings. The van der Waals surface area contributed by atoms with E-state index in [-0.39, 0.29) is 6.10 Å². The van der Waals surface area contributed by atoms with Crippen LogP contribution < -0.4 is 10.6 Å². The number of anilines is 1. The van der Waals surface area contributed by atoms with Crippen LogP contribution in [0.4, 0.5) is 5.69 Å². The summed E-state index contributed by atoms with van der Waals surface area (Å²) in [5, 5.41) is 7.75. The first-order valence-electron chi connectivity index (χ1n) is 7.42. The quantitative estimate of drug-likeness (QED) is 0.760. The van der Waals surface area contributed by atoms with Crippen molar-refractivity contribution in [2.45, 2.75) is 13.0 Å². The Kier molecular flexibility index (Phi) is 4.79. The molecule has 0 aliphatic carbocycles. The lowest BCUT2D eigenvalue weighted by molar-refractivity contribution is 0.0456. The van der Waals surface area contributed by atoms with Gasteiger partial charge in [0, 0.05) is 25.8 Å². The van der Waals surface area contributed by atoms with Crippen LogP contribution in [0.3, 0.4) is 0 Å². The number of morpholine rings is 1. The number of nitrogens with two attached hydrogens (primary N) is 1. The SMILES string of the molecule is CCOC(=O)c1cnc2n[nH]c(Br)c2c1N1CCOC(CN)C1. The molecule has 124 valence electrons. The fourth-order valence-electron chi connectivity index (χ4n) is 2.69. The molecule has 0 bridgehead atoms. The molecule has 0 spiro atoms. The molecule has 1 atom stereocenters. The van der Waals surface area contributed by atoms with E-state index in [4.69, 9.17) is 15.2 Å². The summed E-state index contributed by atoms with van der Waals surface area (Å²) in [6.07, 6.45) is 1.43. The van der Waals surface area contributed by atoms with Gasteiger partial charge < -0.3 is 20.1 Å². The Morgan fingerprint density at radius 2 is 2.48 bits per heavy atom. The summed E-state index contributed by atoms with van der Waals surface area (Å²) < 4.78 is 11.5. The summed E-state index contributed by atoms with van der Waals surface area (Å²) in [6, 6.07) is 0. The molecule has 23 heavy (non-hydrogen) atoms. The van der Waals surface area contributed by atoms with E-state index in [1.165, 1.54) is 6.20 Å². The topological polar surface area (TPSA) is 106 Å². The lowest BCUT2D eigenvalue weighted by Gasteiger charge is -2.35. The van der Waals surface area contributed by atoms with Crippen molar-refractivity contribution in [3.63, 3.8) is 0 Å². The number of fused-ring (bicyclic) bond motifs is 1. The van der Waals surface area contributed by atoms with Crippen LogP contribution in [0, 0.1) is 0 Å². The van der Waals surface area contributed by atoms with Crippen molar-refractivity contribution in [1.82, 2.24) is 15.2 Å². The van der Waals surface area contributed by atoms with Crippen LogP contribution in [-0.4, -0.2) is 60.1 Å². The predicted octanol–water partition coefficient (Wildman–Crippen LogP) is 1.06. The average molecular weight is 384 g/mol. The zero-order chi connectivity index (χ0) is 16.4. The fourth-order valence-corrected chi connectivity index (χ4v) is 3.14. The highest BCUT2D eigenvalue weighted by atomic mass is 79.9. The first-order chi connectivity index (χ1) is 11.2. The van der Waals surface area contributed by atoms with Gasteiger partial charge in [0.25, 0.3) is 0 Å². The fraction of sp³-hybridized carbons (Fsp3) is 0.500. The lowest BCUT2D eigenvalue weighted by atomic mass is 10.1. The first kappa shape index (κ1) is 16.2. The molecule has 3 rings (SSSR count). The maximum Gasteiger partial charge on any atom is 0.341 e. The van der Waals surface area contributed by atoms with Crippen LogP contribution in [0.2, 0.25) is 0 Å². The Hall–Kier alpha value is -1.71. The number of aromatic nitrogens is 3. The standard InChI is InChI=1S/C14H18BrN5O3/c1-2-22-14(21)9-6-17-13-10(12(15)18-19-13)11(9)20-3-4-23-8(5-16)7-20/h6,8H,2-5,7,16H2,1H3,(H,17,18,19). The molecule has 0 amide bonds. The van der Waals surface area contributed by atoms with Crippen LogP contribution in [0.15, 0.2) is 10.8 Å². The number of ether oxygens (including phenoxy) is 2. The Balaban J connectivity index is 2.12. The van der Waals surface area contributed by atoms with Crippen LogP contribution in [0.5, 0.6) is 0 Å². The van der Waals surface area contributed by atoms with Gasteiger partial charge in [0.05, 0.1) is 30.4 Å². The molecule has 2 aromatic rings. The summed E-state index contributed by atoms with van der Waals surface area (Å²) >= 11 is 3.45. The van der Waals surface area contributed by atoms with Crippen molar-refractivity contribution >= 4 is 38.6 Å². The first-order valence-corrected chi connectivity index (χ1v) is 8.21. The molecular formula is C14H18BrN5O3. The van der Waals surface area contributed by atoms with Gasteiger partial charge in [-0.3, -0.25) is 5.10 Å². The van der Waals surface area contributed by atoms with Gasteiger partial charge in [-0.25, -0.2) is 9.78 Å². The number of nitrogens with zero attached hydrogens (tertiary/aromatic N) is 3. The Bertz CT molecular complexity index is 720. The van der Waals surface area contributed by atoms with Crippen molar-refractivity contribution in [3.05, 3.63) is 16.4 Å². The number of hydrogen-bond donors (Lipinski definition) is 2. The molecule has 8 nitrogen and oxygen atoms in total. The molecule has 0 radical (unpaired) electrons. The van der Waals surface area contributed by atoms with Crippen molar-refractivity contribution in [3.8, 4) is 0 Å². The molecule has 1 saturated heterocycles. The highest BCUT2D eigenvalue weighted by Gasteiger charge is 2.28. The van der Waals surface area contributed by atoms with Gasteiger partial charge >= 0.3 is 5.97 Å². The van der Waals surface area contributed by atoms with Gasteiger partial charge in [0.1, 0.15) is 10.2 Å². The van der Waals surface area contributed by atoms with E-state index in [2.05, 4.69) is 36.0 Å². The number of aromatic amines is 1. The number of hydrogen-bond acceptors (Lipinski definition) is 7. The van der Waals surface area contributed by atoms with E-state index >= 15 is 0 Å². The normalized spacial score (nSPS) is 18.4. The van der Waals surface area contributed by atoms with E-state index in [0.717, 1.165) is 11.1 Å². The Labute approximate surface area is 141 Å². The highest BCUT2D eigenvalue weighted by Crippen LogP contribution is 2.34. The number of esters is 1. The molecule has 0 aromatic carbocycles. The van der Waals surface area contributed by atoms with Crippen LogP contribution in [0.1, 0.15) is 17.3 Å². The molecule has 1 aliphatic heterocycles. The zero-order valence-corrected chi connectivity index (χ0v) is 14.3. The van der Waals surface area contributed by atoms with Crippen LogP contribution >= 0.6 is 15.9 Å². The minimum atomic E-state index is -0.402.